The van der Waals surface area contributed by atoms with Gasteiger partial charge in [-0.2, -0.15) is 0 Å². The summed E-state index contributed by atoms with van der Waals surface area (Å²) in [6.45, 7) is 3.02. The fraction of sp³-hybridized carbons (Fsp3) is 0.833. The van der Waals surface area contributed by atoms with E-state index in [2.05, 4.69) is 12.2 Å². The summed E-state index contributed by atoms with van der Waals surface area (Å²) in [5, 5.41) is 2.97. The third-order valence-corrected chi connectivity index (χ3v) is 1.90. The molecule has 0 aliphatic carbocycles. The van der Waals surface area contributed by atoms with Gasteiger partial charge in [-0.3, -0.25) is 4.79 Å². The van der Waals surface area contributed by atoms with Gasteiger partial charge < -0.3 is 11.1 Å². The Hall–Kier alpha value is -0.570. The molecule has 1 saturated heterocycles. The number of rotatable bonds is 2. The van der Waals surface area contributed by atoms with E-state index in [-0.39, 0.29) is 11.9 Å². The zero-order chi connectivity index (χ0) is 6.85. The predicted molar refractivity (Wildman–Crippen MR) is 34.8 cm³/mol. The lowest BCUT2D eigenvalue weighted by Gasteiger charge is -2.34. The third kappa shape index (κ3) is 1.05. The van der Waals surface area contributed by atoms with Gasteiger partial charge in [-0.05, 0) is 5.92 Å². The van der Waals surface area contributed by atoms with Crippen LogP contribution in [0.3, 0.4) is 0 Å². The largest absolute Gasteiger partial charge is 0.368 e. The van der Waals surface area contributed by atoms with Gasteiger partial charge in [0.2, 0.25) is 5.91 Å². The van der Waals surface area contributed by atoms with Crippen LogP contribution in [-0.2, 0) is 4.79 Å². The van der Waals surface area contributed by atoms with Crippen molar-refractivity contribution in [2.45, 2.75) is 19.4 Å². The summed E-state index contributed by atoms with van der Waals surface area (Å²) < 4.78 is 0. The van der Waals surface area contributed by atoms with Crippen molar-refractivity contribution >= 4 is 5.91 Å². The Morgan fingerprint density at radius 1 is 1.89 bits per heavy atom. The van der Waals surface area contributed by atoms with E-state index in [1.807, 2.05) is 0 Å². The van der Waals surface area contributed by atoms with Crippen LogP contribution in [0.5, 0.6) is 0 Å². The molecular formula is C6H12N2O. The summed E-state index contributed by atoms with van der Waals surface area (Å²) in [6, 6.07) is -0.0463. The average molecular weight is 128 g/mol. The number of hydrogen-bond donors (Lipinski definition) is 2. The van der Waals surface area contributed by atoms with Crippen LogP contribution in [0.25, 0.3) is 0 Å². The van der Waals surface area contributed by atoms with E-state index in [0.29, 0.717) is 5.92 Å². The highest BCUT2D eigenvalue weighted by Crippen LogP contribution is 2.15. The smallest absolute Gasteiger partial charge is 0.234 e. The predicted octanol–water partition coefficient (Wildman–Crippen LogP) is -0.530. The molecule has 1 heterocycles. The molecule has 0 bridgehead atoms. The monoisotopic (exact) mass is 128 g/mol. The first-order valence-corrected chi connectivity index (χ1v) is 3.28. The molecule has 3 N–H and O–H groups in total. The van der Waals surface area contributed by atoms with E-state index < -0.39 is 0 Å². The van der Waals surface area contributed by atoms with E-state index in [9.17, 15) is 4.79 Å². The standard InChI is InChI=1S/C6H12N2O/c1-2-4-3-8-5(4)6(7)9/h4-5,8H,2-3H2,1H3,(H2,7,9). The summed E-state index contributed by atoms with van der Waals surface area (Å²) in [5.41, 5.74) is 5.06. The van der Waals surface area contributed by atoms with Gasteiger partial charge in [0.25, 0.3) is 0 Å². The van der Waals surface area contributed by atoms with Gasteiger partial charge in [0.05, 0.1) is 6.04 Å². The zero-order valence-corrected chi connectivity index (χ0v) is 5.55. The SMILES string of the molecule is CCC1CNC1C(N)=O. The lowest BCUT2D eigenvalue weighted by molar-refractivity contribution is -0.123. The highest BCUT2D eigenvalue weighted by Gasteiger charge is 2.32. The Bertz CT molecular complexity index is 122. The molecular weight excluding hydrogens is 116 g/mol. The molecule has 0 saturated carbocycles. The second-order valence-electron chi connectivity index (χ2n) is 2.46. The van der Waals surface area contributed by atoms with Crippen molar-refractivity contribution in [2.75, 3.05) is 6.54 Å². The van der Waals surface area contributed by atoms with Crippen molar-refractivity contribution < 1.29 is 4.79 Å². The zero-order valence-electron chi connectivity index (χ0n) is 5.55. The van der Waals surface area contributed by atoms with E-state index in [0.717, 1.165) is 13.0 Å². The fourth-order valence-electron chi connectivity index (χ4n) is 1.12. The first-order valence-electron chi connectivity index (χ1n) is 3.28. The van der Waals surface area contributed by atoms with Crippen molar-refractivity contribution in [3.05, 3.63) is 0 Å². The summed E-state index contributed by atoms with van der Waals surface area (Å²) in [6.07, 6.45) is 1.04. The quantitative estimate of drug-likeness (QED) is 0.525. The first-order chi connectivity index (χ1) is 4.25. The molecule has 2 unspecified atom stereocenters. The van der Waals surface area contributed by atoms with Gasteiger partial charge in [-0.1, -0.05) is 13.3 Å². The van der Waals surface area contributed by atoms with Crippen molar-refractivity contribution in [1.82, 2.24) is 5.32 Å². The molecule has 1 rings (SSSR count). The van der Waals surface area contributed by atoms with Crippen LogP contribution in [0.4, 0.5) is 0 Å². The summed E-state index contributed by atoms with van der Waals surface area (Å²) in [5.74, 6) is 0.274. The van der Waals surface area contributed by atoms with Crippen molar-refractivity contribution in [1.29, 1.82) is 0 Å². The number of carbonyl (C=O) groups is 1. The first kappa shape index (κ1) is 6.55. The highest BCUT2D eigenvalue weighted by molar-refractivity contribution is 5.81. The molecule has 52 valence electrons. The number of primary amides is 1. The maximum absolute atomic E-state index is 10.5. The van der Waals surface area contributed by atoms with Crippen LogP contribution in [0, 0.1) is 5.92 Å². The fourth-order valence-corrected chi connectivity index (χ4v) is 1.12. The molecule has 2 atom stereocenters. The van der Waals surface area contributed by atoms with E-state index in [1.165, 1.54) is 0 Å². The molecule has 1 aliphatic heterocycles. The molecule has 1 fully saturated rings. The van der Waals surface area contributed by atoms with Crippen LogP contribution in [-0.4, -0.2) is 18.5 Å². The Morgan fingerprint density at radius 2 is 2.56 bits per heavy atom. The van der Waals surface area contributed by atoms with Gasteiger partial charge in [0.15, 0.2) is 0 Å². The molecule has 9 heavy (non-hydrogen) atoms. The Balaban J connectivity index is 2.35. The number of carbonyl (C=O) groups excluding carboxylic acids is 1. The maximum Gasteiger partial charge on any atom is 0.234 e. The van der Waals surface area contributed by atoms with Gasteiger partial charge in [0, 0.05) is 6.54 Å². The third-order valence-electron chi connectivity index (χ3n) is 1.90. The van der Waals surface area contributed by atoms with E-state index in [4.69, 9.17) is 5.73 Å². The van der Waals surface area contributed by atoms with Crippen molar-refractivity contribution in [2.24, 2.45) is 11.7 Å². The van der Waals surface area contributed by atoms with Gasteiger partial charge >= 0.3 is 0 Å². The number of nitrogens with one attached hydrogen (secondary N) is 1. The Kier molecular flexibility index (Phi) is 1.71. The highest BCUT2D eigenvalue weighted by atomic mass is 16.1. The molecule has 0 aromatic rings. The Labute approximate surface area is 54.6 Å². The summed E-state index contributed by atoms with van der Waals surface area (Å²) in [4.78, 5) is 10.5. The number of amides is 1. The maximum atomic E-state index is 10.5. The molecule has 0 radical (unpaired) electrons. The summed E-state index contributed by atoms with van der Waals surface area (Å²) >= 11 is 0. The molecule has 3 nitrogen and oxygen atoms in total. The van der Waals surface area contributed by atoms with Crippen LogP contribution in [0.15, 0.2) is 0 Å². The van der Waals surface area contributed by atoms with Crippen LogP contribution >= 0.6 is 0 Å². The molecule has 0 aromatic carbocycles. The molecule has 0 aromatic heterocycles. The summed E-state index contributed by atoms with van der Waals surface area (Å²) in [7, 11) is 0. The Morgan fingerprint density at radius 3 is 2.67 bits per heavy atom. The number of hydrogen-bond acceptors (Lipinski definition) is 2. The molecule has 0 spiro atoms. The minimum Gasteiger partial charge on any atom is -0.368 e. The molecule has 1 aliphatic rings. The second-order valence-corrected chi connectivity index (χ2v) is 2.46. The van der Waals surface area contributed by atoms with Gasteiger partial charge in [0.1, 0.15) is 0 Å². The van der Waals surface area contributed by atoms with Crippen LogP contribution < -0.4 is 11.1 Å². The lowest BCUT2D eigenvalue weighted by atomic mass is 9.89. The van der Waals surface area contributed by atoms with Gasteiger partial charge in [-0.25, -0.2) is 0 Å². The molecule has 1 amide bonds. The minimum absolute atomic E-state index is 0.0463. The van der Waals surface area contributed by atoms with E-state index >= 15 is 0 Å². The van der Waals surface area contributed by atoms with Gasteiger partial charge in [-0.15, -0.1) is 0 Å². The topological polar surface area (TPSA) is 55.1 Å². The van der Waals surface area contributed by atoms with Crippen molar-refractivity contribution in [3.63, 3.8) is 0 Å². The normalized spacial score (nSPS) is 33.4. The molecule has 3 heteroatoms. The number of nitrogens with two attached hydrogens (primary N) is 1. The van der Waals surface area contributed by atoms with E-state index in [1.54, 1.807) is 0 Å². The van der Waals surface area contributed by atoms with Crippen molar-refractivity contribution in [3.8, 4) is 0 Å². The minimum atomic E-state index is -0.215. The lowest BCUT2D eigenvalue weighted by Crippen LogP contribution is -2.59. The van der Waals surface area contributed by atoms with Crippen LogP contribution in [0.1, 0.15) is 13.3 Å². The van der Waals surface area contributed by atoms with Crippen LogP contribution in [0.2, 0.25) is 0 Å². The average Bonchev–Trinajstić information content (AvgIpc) is 1.61. The second kappa shape index (κ2) is 2.35.